The van der Waals surface area contributed by atoms with Crippen LogP contribution in [0.25, 0.3) is 0 Å². The van der Waals surface area contributed by atoms with Gasteiger partial charge in [0.1, 0.15) is 6.17 Å². The van der Waals surface area contributed by atoms with Gasteiger partial charge in [0.05, 0.1) is 6.04 Å². The lowest BCUT2D eigenvalue weighted by atomic mass is 10.1. The summed E-state index contributed by atoms with van der Waals surface area (Å²) in [6.07, 6.45) is 1.58. The van der Waals surface area contributed by atoms with Crippen molar-refractivity contribution in [3.63, 3.8) is 0 Å². The molecule has 1 amide bonds. The van der Waals surface area contributed by atoms with Crippen LogP contribution in [0.3, 0.4) is 0 Å². The van der Waals surface area contributed by atoms with E-state index in [9.17, 15) is 13.6 Å². The number of halogens is 2. The number of amides is 1. The fraction of sp³-hybridized carbons (Fsp3) is 0.462. The Morgan fingerprint density at radius 1 is 1.37 bits per heavy atom. The van der Waals surface area contributed by atoms with Crippen LogP contribution in [0.4, 0.5) is 8.78 Å². The van der Waals surface area contributed by atoms with E-state index in [0.717, 1.165) is 17.9 Å². The topological polar surface area (TPSA) is 32.3 Å². The van der Waals surface area contributed by atoms with Gasteiger partial charge in [-0.15, -0.1) is 0 Å². The molecule has 1 aliphatic heterocycles. The van der Waals surface area contributed by atoms with E-state index in [-0.39, 0.29) is 18.1 Å². The van der Waals surface area contributed by atoms with Crippen molar-refractivity contribution in [3.05, 3.63) is 35.4 Å². The molecule has 1 fully saturated rings. The molecule has 6 heteroatoms. The van der Waals surface area contributed by atoms with Crippen molar-refractivity contribution < 1.29 is 13.6 Å². The zero-order valence-electron chi connectivity index (χ0n) is 10.8. The van der Waals surface area contributed by atoms with E-state index in [0.29, 0.717) is 12.1 Å². The summed E-state index contributed by atoms with van der Waals surface area (Å²) >= 11 is 1.64. The van der Waals surface area contributed by atoms with E-state index >= 15 is 0 Å². The maximum atomic E-state index is 13.3. The minimum atomic E-state index is -0.892. The number of nitrogens with one attached hydrogen (secondary N) is 1. The van der Waals surface area contributed by atoms with Crippen LogP contribution in [0.1, 0.15) is 18.7 Å². The zero-order chi connectivity index (χ0) is 14.0. The molecule has 1 aromatic carbocycles. The lowest BCUT2D eigenvalue weighted by Gasteiger charge is -2.24. The Bertz CT molecular complexity index is 484. The summed E-state index contributed by atoms with van der Waals surface area (Å²) in [7, 11) is 0. The molecule has 0 spiro atoms. The summed E-state index contributed by atoms with van der Waals surface area (Å²) in [6, 6.07) is 3.43. The Balaban J connectivity index is 2.25. The van der Waals surface area contributed by atoms with Crippen LogP contribution in [-0.4, -0.2) is 35.4 Å². The number of thioether (sulfide) groups is 1. The molecule has 0 aliphatic carbocycles. The lowest BCUT2D eigenvalue weighted by Crippen LogP contribution is -2.32. The number of rotatable bonds is 4. The molecule has 0 aromatic heterocycles. The van der Waals surface area contributed by atoms with Crippen LogP contribution in [-0.2, 0) is 4.79 Å². The van der Waals surface area contributed by atoms with Crippen molar-refractivity contribution >= 4 is 17.7 Å². The smallest absolute Gasteiger partial charge is 0.241 e. The highest BCUT2D eigenvalue weighted by Gasteiger charge is 2.36. The Morgan fingerprint density at radius 3 is 2.74 bits per heavy atom. The predicted octanol–water partition coefficient (Wildman–Crippen LogP) is 2.15. The molecular formula is C13H16F2N2OS. The second-order valence-electron chi connectivity index (χ2n) is 4.49. The standard InChI is InChI=1S/C13H16F2N2OS/c1-8-13(18)17(5-6-19-2)12(16-8)9-3-4-10(14)11(15)7-9/h3-4,7-8,12,16H,5-6H2,1-2H3. The number of carbonyl (C=O) groups is 1. The Hall–Kier alpha value is -1.14. The fourth-order valence-corrected chi connectivity index (χ4v) is 2.54. The van der Waals surface area contributed by atoms with Crippen molar-refractivity contribution in [2.24, 2.45) is 0 Å². The van der Waals surface area contributed by atoms with Crippen LogP contribution in [0, 0.1) is 11.6 Å². The molecule has 0 radical (unpaired) electrons. The maximum Gasteiger partial charge on any atom is 0.241 e. The molecule has 1 heterocycles. The summed E-state index contributed by atoms with van der Waals surface area (Å²) in [5.74, 6) is -0.975. The number of carbonyl (C=O) groups excluding carboxylic acids is 1. The average molecular weight is 286 g/mol. The van der Waals surface area contributed by atoms with E-state index in [1.807, 2.05) is 6.26 Å². The van der Waals surface area contributed by atoms with Crippen LogP contribution in [0.5, 0.6) is 0 Å². The van der Waals surface area contributed by atoms with Gasteiger partial charge in [0.25, 0.3) is 0 Å². The summed E-state index contributed by atoms with van der Waals surface area (Å²) in [5.41, 5.74) is 0.567. The first-order valence-corrected chi connectivity index (χ1v) is 7.44. The quantitative estimate of drug-likeness (QED) is 0.920. The van der Waals surface area contributed by atoms with Gasteiger partial charge in [-0.3, -0.25) is 10.1 Å². The van der Waals surface area contributed by atoms with Gasteiger partial charge < -0.3 is 4.90 Å². The van der Waals surface area contributed by atoms with Crippen molar-refractivity contribution in [1.82, 2.24) is 10.2 Å². The summed E-state index contributed by atoms with van der Waals surface area (Å²) in [6.45, 7) is 2.36. The summed E-state index contributed by atoms with van der Waals surface area (Å²) < 4.78 is 26.3. The molecule has 1 N–H and O–H groups in total. The predicted molar refractivity (Wildman–Crippen MR) is 71.8 cm³/mol. The normalized spacial score (nSPS) is 23.2. The monoisotopic (exact) mass is 286 g/mol. The molecule has 0 bridgehead atoms. The van der Waals surface area contributed by atoms with Crippen molar-refractivity contribution in [3.8, 4) is 0 Å². The van der Waals surface area contributed by atoms with Crippen LogP contribution >= 0.6 is 11.8 Å². The van der Waals surface area contributed by atoms with E-state index in [1.54, 1.807) is 23.6 Å². The number of hydrogen-bond donors (Lipinski definition) is 1. The first kappa shape index (κ1) is 14.3. The number of benzene rings is 1. The van der Waals surface area contributed by atoms with Crippen molar-refractivity contribution in [2.75, 3.05) is 18.6 Å². The molecule has 2 rings (SSSR count). The van der Waals surface area contributed by atoms with Gasteiger partial charge in [-0.25, -0.2) is 8.78 Å². The lowest BCUT2D eigenvalue weighted by molar-refractivity contribution is -0.129. The first-order valence-electron chi connectivity index (χ1n) is 6.05. The second kappa shape index (κ2) is 5.88. The highest BCUT2D eigenvalue weighted by molar-refractivity contribution is 7.98. The molecule has 1 aliphatic rings. The molecular weight excluding hydrogens is 270 g/mol. The second-order valence-corrected chi connectivity index (χ2v) is 5.47. The summed E-state index contributed by atoms with van der Waals surface area (Å²) in [4.78, 5) is 13.7. The number of nitrogens with zero attached hydrogens (tertiary/aromatic N) is 1. The van der Waals surface area contributed by atoms with Crippen LogP contribution in [0.2, 0.25) is 0 Å². The molecule has 104 valence electrons. The van der Waals surface area contributed by atoms with Crippen LogP contribution in [0.15, 0.2) is 18.2 Å². The number of hydrogen-bond acceptors (Lipinski definition) is 3. The molecule has 0 saturated carbocycles. The molecule has 2 unspecified atom stereocenters. The van der Waals surface area contributed by atoms with Gasteiger partial charge in [-0.2, -0.15) is 11.8 Å². The average Bonchev–Trinajstić information content (AvgIpc) is 2.67. The highest BCUT2D eigenvalue weighted by Crippen LogP contribution is 2.26. The van der Waals surface area contributed by atoms with Gasteiger partial charge >= 0.3 is 0 Å². The van der Waals surface area contributed by atoms with Gasteiger partial charge in [0, 0.05) is 12.3 Å². The largest absolute Gasteiger partial charge is 0.321 e. The van der Waals surface area contributed by atoms with Crippen LogP contribution < -0.4 is 5.32 Å². The molecule has 2 atom stereocenters. The minimum Gasteiger partial charge on any atom is -0.321 e. The van der Waals surface area contributed by atoms with Gasteiger partial charge in [-0.1, -0.05) is 6.07 Å². The highest BCUT2D eigenvalue weighted by atomic mass is 32.2. The minimum absolute atomic E-state index is 0.0104. The van der Waals surface area contributed by atoms with E-state index in [1.165, 1.54) is 6.07 Å². The summed E-state index contributed by atoms with van der Waals surface area (Å²) in [5, 5.41) is 3.10. The third-order valence-corrected chi connectivity index (χ3v) is 3.76. The van der Waals surface area contributed by atoms with Gasteiger partial charge in [0.15, 0.2) is 11.6 Å². The Morgan fingerprint density at radius 2 is 2.11 bits per heavy atom. The third kappa shape index (κ3) is 2.90. The Kier molecular flexibility index (Phi) is 4.42. The SMILES string of the molecule is CSCCN1C(=O)C(C)NC1c1ccc(F)c(F)c1. The van der Waals surface area contributed by atoms with Crippen molar-refractivity contribution in [2.45, 2.75) is 19.1 Å². The van der Waals surface area contributed by atoms with E-state index in [4.69, 9.17) is 0 Å². The van der Waals surface area contributed by atoms with E-state index < -0.39 is 11.6 Å². The Labute approximate surface area is 115 Å². The maximum absolute atomic E-state index is 13.3. The first-order chi connectivity index (χ1) is 9.04. The van der Waals surface area contributed by atoms with Crippen molar-refractivity contribution in [1.29, 1.82) is 0 Å². The van der Waals surface area contributed by atoms with Gasteiger partial charge in [-0.05, 0) is 30.9 Å². The fourth-order valence-electron chi connectivity index (χ4n) is 2.16. The van der Waals surface area contributed by atoms with Gasteiger partial charge in [0.2, 0.25) is 5.91 Å². The molecule has 19 heavy (non-hydrogen) atoms. The molecule has 3 nitrogen and oxygen atoms in total. The third-order valence-electron chi connectivity index (χ3n) is 3.17. The molecule has 1 saturated heterocycles. The van der Waals surface area contributed by atoms with E-state index in [2.05, 4.69) is 5.32 Å². The zero-order valence-corrected chi connectivity index (χ0v) is 11.6. The molecule has 1 aromatic rings.